The average molecular weight is 172 g/mol. The van der Waals surface area contributed by atoms with Gasteiger partial charge in [0, 0.05) is 6.42 Å². The van der Waals surface area contributed by atoms with Gasteiger partial charge >= 0.3 is 5.97 Å². The Morgan fingerprint density at radius 2 is 2.33 bits per heavy atom. The highest BCUT2D eigenvalue weighted by Gasteiger charge is 2.31. The fourth-order valence-corrected chi connectivity index (χ4v) is 1.23. The lowest BCUT2D eigenvalue weighted by molar-refractivity contribution is -0.141. The molecule has 12 heavy (non-hydrogen) atoms. The molecule has 4 nitrogen and oxygen atoms in total. The van der Waals surface area contributed by atoms with E-state index >= 15 is 0 Å². The molecule has 1 atom stereocenters. The molecule has 68 valence electrons. The van der Waals surface area contributed by atoms with Crippen molar-refractivity contribution in [2.45, 2.75) is 32.0 Å². The fraction of sp³-hybridized carbons (Fsp3) is 0.625. The van der Waals surface area contributed by atoms with Crippen molar-refractivity contribution in [1.29, 1.82) is 0 Å². The molecule has 1 aliphatic rings. The van der Waals surface area contributed by atoms with E-state index in [1.165, 1.54) is 6.08 Å². The van der Waals surface area contributed by atoms with Gasteiger partial charge in [0.15, 0.2) is 0 Å². The maximum Gasteiger partial charge on any atom is 0.370 e. The molecule has 0 aliphatic carbocycles. The van der Waals surface area contributed by atoms with Crippen LogP contribution in [-0.2, 0) is 9.53 Å². The largest absolute Gasteiger partial charge is 0.481 e. The smallest absolute Gasteiger partial charge is 0.370 e. The highest BCUT2D eigenvalue weighted by molar-refractivity contribution is 5.84. The SMILES string of the molecule is CC1(C)CC(O)C=C(C(=O)O)O1. The Bertz CT molecular complexity index is 229. The Morgan fingerprint density at radius 1 is 1.75 bits per heavy atom. The summed E-state index contributed by atoms with van der Waals surface area (Å²) in [5, 5.41) is 17.8. The molecule has 1 rings (SSSR count). The number of aliphatic carboxylic acids is 1. The lowest BCUT2D eigenvalue weighted by atomic mass is 9.97. The summed E-state index contributed by atoms with van der Waals surface area (Å²) < 4.78 is 5.11. The van der Waals surface area contributed by atoms with Crippen molar-refractivity contribution in [2.24, 2.45) is 0 Å². The minimum absolute atomic E-state index is 0.168. The zero-order chi connectivity index (χ0) is 9.35. The van der Waals surface area contributed by atoms with E-state index in [4.69, 9.17) is 9.84 Å². The van der Waals surface area contributed by atoms with Crippen LogP contribution in [0, 0.1) is 0 Å². The summed E-state index contributed by atoms with van der Waals surface area (Å²) in [4.78, 5) is 10.5. The van der Waals surface area contributed by atoms with Crippen molar-refractivity contribution >= 4 is 5.97 Å². The summed E-state index contributed by atoms with van der Waals surface area (Å²) in [5.74, 6) is -1.31. The average Bonchev–Trinajstić information content (AvgIpc) is 1.82. The normalized spacial score (nSPS) is 27.2. The van der Waals surface area contributed by atoms with E-state index in [0.29, 0.717) is 6.42 Å². The highest BCUT2D eigenvalue weighted by Crippen LogP contribution is 2.26. The summed E-state index contributed by atoms with van der Waals surface area (Å²) in [6.45, 7) is 3.48. The number of aliphatic hydroxyl groups is 1. The van der Waals surface area contributed by atoms with Gasteiger partial charge in [0.2, 0.25) is 5.76 Å². The third-order valence-electron chi connectivity index (χ3n) is 1.64. The van der Waals surface area contributed by atoms with Crippen LogP contribution in [0.1, 0.15) is 20.3 Å². The van der Waals surface area contributed by atoms with Gasteiger partial charge in [-0.2, -0.15) is 0 Å². The second kappa shape index (κ2) is 2.79. The molecule has 4 heteroatoms. The van der Waals surface area contributed by atoms with Crippen LogP contribution >= 0.6 is 0 Å². The Hall–Kier alpha value is -1.03. The number of aliphatic hydroxyl groups excluding tert-OH is 1. The number of hydrogen-bond donors (Lipinski definition) is 2. The lowest BCUT2D eigenvalue weighted by Gasteiger charge is -2.32. The van der Waals surface area contributed by atoms with Crippen LogP contribution in [0.25, 0.3) is 0 Å². The van der Waals surface area contributed by atoms with E-state index in [-0.39, 0.29) is 5.76 Å². The van der Waals surface area contributed by atoms with E-state index in [0.717, 1.165) is 0 Å². The van der Waals surface area contributed by atoms with Crippen molar-refractivity contribution in [2.75, 3.05) is 0 Å². The quantitative estimate of drug-likeness (QED) is 0.605. The summed E-state index contributed by atoms with van der Waals surface area (Å²) in [7, 11) is 0. The third-order valence-corrected chi connectivity index (χ3v) is 1.64. The van der Waals surface area contributed by atoms with Crippen LogP contribution in [0.3, 0.4) is 0 Å². The molecular formula is C8H12O4. The second-order valence-electron chi connectivity index (χ2n) is 3.47. The number of hydrogen-bond acceptors (Lipinski definition) is 3. The zero-order valence-electron chi connectivity index (χ0n) is 7.07. The Labute approximate surface area is 70.5 Å². The van der Waals surface area contributed by atoms with Gasteiger partial charge in [-0.15, -0.1) is 0 Å². The molecule has 0 fully saturated rings. The summed E-state index contributed by atoms with van der Waals surface area (Å²) in [5.41, 5.74) is -0.595. The Balaban J connectivity index is 2.83. The first-order valence-electron chi connectivity index (χ1n) is 3.73. The number of ether oxygens (including phenoxy) is 1. The highest BCUT2D eigenvalue weighted by atomic mass is 16.5. The van der Waals surface area contributed by atoms with Crippen molar-refractivity contribution in [3.05, 3.63) is 11.8 Å². The first-order valence-corrected chi connectivity index (χ1v) is 3.73. The molecular weight excluding hydrogens is 160 g/mol. The predicted molar refractivity (Wildman–Crippen MR) is 41.5 cm³/mol. The molecule has 0 saturated carbocycles. The molecule has 2 N–H and O–H groups in total. The van der Waals surface area contributed by atoms with Gasteiger partial charge in [-0.25, -0.2) is 4.79 Å². The Morgan fingerprint density at radius 3 is 2.75 bits per heavy atom. The van der Waals surface area contributed by atoms with Gasteiger partial charge in [-0.05, 0) is 19.9 Å². The number of carboxylic acids is 1. The maximum atomic E-state index is 10.5. The summed E-state index contributed by atoms with van der Waals surface area (Å²) in [6.07, 6.45) is 0.914. The molecule has 0 saturated heterocycles. The molecule has 1 heterocycles. The minimum Gasteiger partial charge on any atom is -0.481 e. The molecule has 1 aliphatic heterocycles. The van der Waals surface area contributed by atoms with E-state index in [1.807, 2.05) is 0 Å². The van der Waals surface area contributed by atoms with Crippen molar-refractivity contribution in [3.63, 3.8) is 0 Å². The van der Waals surface area contributed by atoms with Gasteiger partial charge in [0.1, 0.15) is 5.60 Å². The summed E-state index contributed by atoms with van der Waals surface area (Å²) in [6, 6.07) is 0. The van der Waals surface area contributed by atoms with Crippen LogP contribution in [0.5, 0.6) is 0 Å². The van der Waals surface area contributed by atoms with Gasteiger partial charge in [-0.3, -0.25) is 0 Å². The molecule has 0 amide bonds. The van der Waals surface area contributed by atoms with Gasteiger partial charge in [0.25, 0.3) is 0 Å². The van der Waals surface area contributed by atoms with Crippen LogP contribution in [0.15, 0.2) is 11.8 Å². The topological polar surface area (TPSA) is 66.8 Å². The van der Waals surface area contributed by atoms with Crippen molar-refractivity contribution in [1.82, 2.24) is 0 Å². The summed E-state index contributed by atoms with van der Waals surface area (Å²) >= 11 is 0. The molecule has 0 spiro atoms. The van der Waals surface area contributed by atoms with Crippen LogP contribution < -0.4 is 0 Å². The van der Waals surface area contributed by atoms with Gasteiger partial charge in [-0.1, -0.05) is 0 Å². The molecule has 0 aromatic rings. The van der Waals surface area contributed by atoms with Crippen molar-refractivity contribution in [3.8, 4) is 0 Å². The minimum atomic E-state index is -1.14. The monoisotopic (exact) mass is 172 g/mol. The first kappa shape index (κ1) is 9.06. The maximum absolute atomic E-state index is 10.5. The van der Waals surface area contributed by atoms with E-state index < -0.39 is 17.7 Å². The third kappa shape index (κ3) is 1.98. The predicted octanol–water partition coefficient (Wildman–Crippen LogP) is 0.515. The van der Waals surface area contributed by atoms with E-state index in [2.05, 4.69) is 0 Å². The van der Waals surface area contributed by atoms with Crippen LogP contribution in [0.2, 0.25) is 0 Å². The molecule has 0 radical (unpaired) electrons. The number of carbonyl (C=O) groups is 1. The van der Waals surface area contributed by atoms with E-state index in [1.54, 1.807) is 13.8 Å². The number of carboxylic acid groups (broad SMARTS) is 1. The molecule has 0 aromatic heterocycles. The van der Waals surface area contributed by atoms with Crippen molar-refractivity contribution < 1.29 is 19.7 Å². The van der Waals surface area contributed by atoms with E-state index in [9.17, 15) is 9.90 Å². The molecule has 0 bridgehead atoms. The zero-order valence-corrected chi connectivity index (χ0v) is 7.07. The number of rotatable bonds is 1. The first-order chi connectivity index (χ1) is 5.41. The Kier molecular flexibility index (Phi) is 2.10. The molecule has 0 aromatic carbocycles. The van der Waals surface area contributed by atoms with Crippen LogP contribution in [-0.4, -0.2) is 27.9 Å². The van der Waals surface area contributed by atoms with Gasteiger partial charge in [0.05, 0.1) is 6.10 Å². The molecule has 1 unspecified atom stereocenters. The lowest BCUT2D eigenvalue weighted by Crippen LogP contribution is -2.35. The van der Waals surface area contributed by atoms with Gasteiger partial charge < -0.3 is 14.9 Å². The standard InChI is InChI=1S/C8H12O4/c1-8(2)4-5(9)3-6(12-8)7(10)11/h3,5,9H,4H2,1-2H3,(H,10,11). The fourth-order valence-electron chi connectivity index (χ4n) is 1.23. The van der Waals surface area contributed by atoms with Crippen LogP contribution in [0.4, 0.5) is 0 Å². The second-order valence-corrected chi connectivity index (χ2v) is 3.47.